The molecule has 0 bridgehead atoms. The Kier molecular flexibility index (Phi) is 7.80. The lowest BCUT2D eigenvalue weighted by Crippen LogP contribution is -2.42. The molecule has 166 valence electrons. The van der Waals surface area contributed by atoms with E-state index in [-0.39, 0.29) is 11.3 Å². The van der Waals surface area contributed by atoms with Crippen LogP contribution in [0.2, 0.25) is 0 Å². The number of rotatable bonds is 7. The van der Waals surface area contributed by atoms with Crippen molar-refractivity contribution in [3.05, 3.63) is 59.7 Å². The molecule has 2 atom stereocenters. The third-order valence-electron chi connectivity index (χ3n) is 4.73. The Morgan fingerprint density at radius 2 is 1.48 bits per heavy atom. The molecule has 31 heavy (non-hydrogen) atoms. The molecule has 0 saturated carbocycles. The zero-order chi connectivity index (χ0) is 23.2. The summed E-state index contributed by atoms with van der Waals surface area (Å²) >= 11 is 0. The third kappa shape index (κ3) is 6.84. The second kappa shape index (κ2) is 10.1. The van der Waals surface area contributed by atoms with Crippen molar-refractivity contribution < 1.29 is 23.9 Å². The van der Waals surface area contributed by atoms with E-state index in [0.717, 1.165) is 5.56 Å². The third-order valence-corrected chi connectivity index (χ3v) is 4.73. The maximum atomic E-state index is 12.4. The molecule has 0 radical (unpaired) electrons. The molecule has 0 aromatic heterocycles. The van der Waals surface area contributed by atoms with Crippen molar-refractivity contribution in [2.75, 3.05) is 12.4 Å². The summed E-state index contributed by atoms with van der Waals surface area (Å²) in [5.74, 6) is -0.901. The largest absolute Gasteiger partial charge is 0.497 e. The van der Waals surface area contributed by atoms with Gasteiger partial charge in [0.25, 0.3) is 11.8 Å². The van der Waals surface area contributed by atoms with Crippen LogP contribution in [0.25, 0.3) is 0 Å². The lowest BCUT2D eigenvalue weighted by Gasteiger charge is -2.20. The summed E-state index contributed by atoms with van der Waals surface area (Å²) in [4.78, 5) is 37.0. The molecule has 2 aromatic rings. The molecular weight excluding hydrogens is 396 g/mol. The highest BCUT2D eigenvalue weighted by atomic mass is 16.5. The van der Waals surface area contributed by atoms with E-state index in [2.05, 4.69) is 31.4 Å². The molecule has 0 aliphatic rings. The fourth-order valence-electron chi connectivity index (χ4n) is 2.71. The van der Waals surface area contributed by atoms with E-state index >= 15 is 0 Å². The van der Waals surface area contributed by atoms with Crippen molar-refractivity contribution in [3.8, 4) is 5.75 Å². The molecule has 0 saturated heterocycles. The molecule has 0 spiro atoms. The van der Waals surface area contributed by atoms with Gasteiger partial charge >= 0.3 is 5.97 Å². The average molecular weight is 427 g/mol. The van der Waals surface area contributed by atoms with Gasteiger partial charge in [-0.25, -0.2) is 4.79 Å². The van der Waals surface area contributed by atoms with E-state index in [9.17, 15) is 14.4 Å². The van der Waals surface area contributed by atoms with Crippen molar-refractivity contribution >= 4 is 23.5 Å². The van der Waals surface area contributed by atoms with Gasteiger partial charge in [0.1, 0.15) is 11.8 Å². The fourth-order valence-corrected chi connectivity index (χ4v) is 2.71. The Labute approximate surface area is 183 Å². The van der Waals surface area contributed by atoms with E-state index in [1.54, 1.807) is 43.5 Å². The fraction of sp³-hybridized carbons (Fsp3) is 0.375. The summed E-state index contributed by atoms with van der Waals surface area (Å²) in [7, 11) is 1.55. The van der Waals surface area contributed by atoms with Crippen molar-refractivity contribution in [2.45, 2.75) is 52.2 Å². The van der Waals surface area contributed by atoms with E-state index in [4.69, 9.17) is 9.47 Å². The van der Waals surface area contributed by atoms with Gasteiger partial charge in [0.2, 0.25) is 0 Å². The molecule has 0 aliphatic carbocycles. The number of carbonyl (C=O) groups excluding carboxylic acids is 3. The van der Waals surface area contributed by atoms with Gasteiger partial charge in [-0.3, -0.25) is 9.59 Å². The van der Waals surface area contributed by atoms with Crippen LogP contribution in [-0.2, 0) is 19.7 Å². The van der Waals surface area contributed by atoms with Gasteiger partial charge in [0.05, 0.1) is 7.11 Å². The second-order valence-electron chi connectivity index (χ2n) is 8.32. The van der Waals surface area contributed by atoms with Crippen molar-refractivity contribution in [1.29, 1.82) is 0 Å². The van der Waals surface area contributed by atoms with Gasteiger partial charge in [0, 0.05) is 11.3 Å². The minimum Gasteiger partial charge on any atom is -0.497 e. The van der Waals surface area contributed by atoms with Crippen LogP contribution in [-0.4, -0.2) is 37.0 Å². The van der Waals surface area contributed by atoms with Gasteiger partial charge in [0.15, 0.2) is 6.10 Å². The molecule has 7 nitrogen and oxygen atoms in total. The number of anilines is 1. The Morgan fingerprint density at radius 3 is 2.00 bits per heavy atom. The molecule has 2 aromatic carbocycles. The second-order valence-corrected chi connectivity index (χ2v) is 8.32. The quantitative estimate of drug-likeness (QED) is 0.659. The first-order chi connectivity index (χ1) is 14.5. The number of amides is 2. The predicted molar refractivity (Wildman–Crippen MR) is 119 cm³/mol. The van der Waals surface area contributed by atoms with Crippen LogP contribution >= 0.6 is 0 Å². The first kappa shape index (κ1) is 23.9. The smallest absolute Gasteiger partial charge is 0.329 e. The maximum absolute atomic E-state index is 12.4. The minimum absolute atomic E-state index is 0.0192. The molecule has 2 amide bonds. The monoisotopic (exact) mass is 426 g/mol. The number of hydrogen-bond donors (Lipinski definition) is 2. The number of esters is 1. The van der Waals surface area contributed by atoms with Gasteiger partial charge in [-0.05, 0) is 61.2 Å². The van der Waals surface area contributed by atoms with Crippen molar-refractivity contribution in [1.82, 2.24) is 5.32 Å². The molecular formula is C24H30N2O5. The predicted octanol–water partition coefficient (Wildman–Crippen LogP) is 3.68. The lowest BCUT2D eigenvalue weighted by atomic mass is 9.86. The summed E-state index contributed by atoms with van der Waals surface area (Å²) < 4.78 is 10.3. The number of hydrogen-bond acceptors (Lipinski definition) is 5. The summed E-state index contributed by atoms with van der Waals surface area (Å²) in [6.45, 7) is 9.25. The average Bonchev–Trinajstić information content (AvgIpc) is 2.73. The highest BCUT2D eigenvalue weighted by molar-refractivity contribution is 5.98. The SMILES string of the molecule is COc1ccc(NC(=O)[C@@H](C)OC(=O)[C@H](C)NC(=O)c2ccc(C(C)(C)C)cc2)cc1. The van der Waals surface area contributed by atoms with Crippen LogP contribution in [0, 0.1) is 0 Å². The van der Waals surface area contributed by atoms with Crippen LogP contribution < -0.4 is 15.4 Å². The zero-order valence-corrected chi connectivity index (χ0v) is 18.8. The van der Waals surface area contributed by atoms with Crippen LogP contribution in [0.3, 0.4) is 0 Å². The van der Waals surface area contributed by atoms with Crippen molar-refractivity contribution in [3.63, 3.8) is 0 Å². The molecule has 0 aliphatic heterocycles. The van der Waals surface area contributed by atoms with E-state index in [1.807, 2.05) is 12.1 Å². The highest BCUT2D eigenvalue weighted by Crippen LogP contribution is 2.22. The van der Waals surface area contributed by atoms with Crippen LogP contribution in [0.1, 0.15) is 50.5 Å². The Hall–Kier alpha value is -3.35. The number of benzene rings is 2. The summed E-state index contributed by atoms with van der Waals surface area (Å²) in [6.07, 6.45) is -1.03. The first-order valence-corrected chi connectivity index (χ1v) is 10.1. The minimum atomic E-state index is -1.03. The van der Waals surface area contributed by atoms with Crippen LogP contribution in [0.5, 0.6) is 5.75 Å². The molecule has 2 N–H and O–H groups in total. The Morgan fingerprint density at radius 1 is 0.903 bits per heavy atom. The van der Waals surface area contributed by atoms with Gasteiger partial charge in [-0.1, -0.05) is 32.9 Å². The molecule has 2 rings (SSSR count). The molecule has 7 heteroatoms. The number of carbonyl (C=O) groups is 3. The molecule has 0 fully saturated rings. The highest BCUT2D eigenvalue weighted by Gasteiger charge is 2.24. The standard InChI is InChI=1S/C24H30N2O5/c1-15(25-22(28)17-7-9-18(10-8-17)24(3,4)5)23(29)31-16(2)21(27)26-19-11-13-20(30-6)14-12-19/h7-16H,1-6H3,(H,25,28)(H,26,27)/t15-,16+/m0/s1. The first-order valence-electron chi connectivity index (χ1n) is 10.1. The summed E-state index contributed by atoms with van der Waals surface area (Å²) in [5.41, 5.74) is 2.08. The summed E-state index contributed by atoms with van der Waals surface area (Å²) in [5, 5.41) is 5.26. The zero-order valence-electron chi connectivity index (χ0n) is 18.8. The van der Waals surface area contributed by atoms with Crippen LogP contribution in [0.4, 0.5) is 5.69 Å². The molecule has 0 heterocycles. The maximum Gasteiger partial charge on any atom is 0.329 e. The Balaban J connectivity index is 1.88. The van der Waals surface area contributed by atoms with Crippen LogP contribution in [0.15, 0.2) is 48.5 Å². The van der Waals surface area contributed by atoms with Gasteiger partial charge in [-0.2, -0.15) is 0 Å². The summed E-state index contributed by atoms with van der Waals surface area (Å²) in [6, 6.07) is 13.1. The Bertz CT molecular complexity index is 914. The van der Waals surface area contributed by atoms with Gasteiger partial charge < -0.3 is 20.1 Å². The van der Waals surface area contributed by atoms with E-state index < -0.39 is 24.0 Å². The van der Waals surface area contributed by atoms with Gasteiger partial charge in [-0.15, -0.1) is 0 Å². The lowest BCUT2D eigenvalue weighted by molar-refractivity contribution is -0.154. The van der Waals surface area contributed by atoms with E-state index in [1.165, 1.54) is 13.8 Å². The number of methoxy groups -OCH3 is 1. The molecule has 0 unspecified atom stereocenters. The topological polar surface area (TPSA) is 93.7 Å². The van der Waals surface area contributed by atoms with E-state index in [0.29, 0.717) is 17.0 Å². The van der Waals surface area contributed by atoms with Crippen molar-refractivity contribution in [2.24, 2.45) is 0 Å². The number of nitrogens with one attached hydrogen (secondary N) is 2. The normalized spacial score (nSPS) is 13.0. The number of ether oxygens (including phenoxy) is 2.